The maximum Gasteiger partial charge on any atom is 0.330 e. The first-order valence-electron chi connectivity index (χ1n) is 6.87. The molecule has 6 heteroatoms. The lowest BCUT2D eigenvalue weighted by Gasteiger charge is -2.15. The predicted molar refractivity (Wildman–Crippen MR) is 83.8 cm³/mol. The summed E-state index contributed by atoms with van der Waals surface area (Å²) in [7, 11) is 2.95. The molecule has 1 unspecified atom stereocenters. The van der Waals surface area contributed by atoms with Crippen LogP contribution < -0.4 is 14.8 Å². The average Bonchev–Trinajstić information content (AvgIpc) is 2.59. The molecular weight excluding hydrogens is 298 g/mol. The Hall–Kier alpha value is -3.02. The lowest BCUT2D eigenvalue weighted by Crippen LogP contribution is -2.33. The number of hydrogen-bond acceptors (Lipinski definition) is 4. The summed E-state index contributed by atoms with van der Waals surface area (Å²) in [6.07, 6.45) is 0. The number of aliphatic carboxylic acids is 1. The van der Waals surface area contributed by atoms with Crippen molar-refractivity contribution >= 4 is 11.9 Å². The Morgan fingerprint density at radius 2 is 1.57 bits per heavy atom. The third-order valence-corrected chi connectivity index (χ3v) is 3.27. The standard InChI is InChI=1S/C17H17NO5/c1-22-13-8-12(9-14(10-13)23-2)16(19)18-15(17(20)21)11-6-4-3-5-7-11/h3-10,15H,1-2H3,(H,18,19)(H,20,21). The van der Waals surface area contributed by atoms with Crippen LogP contribution in [0.15, 0.2) is 48.5 Å². The van der Waals surface area contributed by atoms with Crippen LogP contribution in [0.5, 0.6) is 11.5 Å². The fraction of sp³-hybridized carbons (Fsp3) is 0.176. The molecule has 1 atom stereocenters. The van der Waals surface area contributed by atoms with Crippen molar-refractivity contribution in [3.05, 3.63) is 59.7 Å². The molecule has 2 N–H and O–H groups in total. The Balaban J connectivity index is 2.27. The number of rotatable bonds is 6. The second-order valence-corrected chi connectivity index (χ2v) is 4.76. The molecule has 0 spiro atoms. The van der Waals surface area contributed by atoms with Crippen molar-refractivity contribution in [2.75, 3.05) is 14.2 Å². The van der Waals surface area contributed by atoms with E-state index in [9.17, 15) is 14.7 Å². The topological polar surface area (TPSA) is 84.9 Å². The Kier molecular flexibility index (Phi) is 5.19. The molecule has 6 nitrogen and oxygen atoms in total. The molecule has 0 aliphatic rings. The Labute approximate surface area is 133 Å². The van der Waals surface area contributed by atoms with E-state index in [1.54, 1.807) is 36.4 Å². The fourth-order valence-corrected chi connectivity index (χ4v) is 2.09. The number of carbonyl (C=O) groups is 2. The molecule has 0 fully saturated rings. The van der Waals surface area contributed by atoms with Crippen LogP contribution >= 0.6 is 0 Å². The van der Waals surface area contributed by atoms with Crippen molar-refractivity contribution < 1.29 is 24.2 Å². The van der Waals surface area contributed by atoms with E-state index in [4.69, 9.17) is 9.47 Å². The van der Waals surface area contributed by atoms with E-state index in [1.165, 1.54) is 26.4 Å². The van der Waals surface area contributed by atoms with E-state index >= 15 is 0 Å². The normalized spacial score (nSPS) is 11.4. The third-order valence-electron chi connectivity index (χ3n) is 3.27. The minimum absolute atomic E-state index is 0.253. The summed E-state index contributed by atoms with van der Waals surface area (Å²) in [6.45, 7) is 0. The first kappa shape index (κ1) is 16.4. The largest absolute Gasteiger partial charge is 0.497 e. The zero-order valence-electron chi connectivity index (χ0n) is 12.8. The van der Waals surface area contributed by atoms with Crippen LogP contribution in [0, 0.1) is 0 Å². The number of amides is 1. The molecule has 0 aliphatic carbocycles. The van der Waals surface area contributed by atoms with Crippen LogP contribution in [-0.2, 0) is 4.79 Å². The summed E-state index contributed by atoms with van der Waals surface area (Å²) in [4.78, 5) is 23.8. The van der Waals surface area contributed by atoms with Gasteiger partial charge in [-0.05, 0) is 17.7 Å². The van der Waals surface area contributed by atoms with Gasteiger partial charge in [0.05, 0.1) is 14.2 Å². The molecule has 120 valence electrons. The number of carboxylic acids is 1. The molecule has 1 amide bonds. The lowest BCUT2D eigenvalue weighted by molar-refractivity contribution is -0.139. The van der Waals surface area contributed by atoms with Crippen LogP contribution in [0.1, 0.15) is 22.0 Å². The van der Waals surface area contributed by atoms with Crippen LogP contribution in [0.2, 0.25) is 0 Å². The number of benzene rings is 2. The molecule has 0 bridgehead atoms. The highest BCUT2D eigenvalue weighted by Crippen LogP contribution is 2.23. The van der Waals surface area contributed by atoms with Gasteiger partial charge >= 0.3 is 5.97 Å². The van der Waals surface area contributed by atoms with Crippen molar-refractivity contribution in [2.24, 2.45) is 0 Å². The van der Waals surface area contributed by atoms with E-state index in [0.717, 1.165) is 0 Å². The maximum absolute atomic E-state index is 12.4. The van der Waals surface area contributed by atoms with Gasteiger partial charge < -0.3 is 19.9 Å². The number of ether oxygens (including phenoxy) is 2. The predicted octanol–water partition coefficient (Wildman–Crippen LogP) is 2.26. The fourth-order valence-electron chi connectivity index (χ4n) is 2.09. The van der Waals surface area contributed by atoms with Gasteiger partial charge in [0.25, 0.3) is 5.91 Å². The van der Waals surface area contributed by atoms with Gasteiger partial charge in [-0.1, -0.05) is 30.3 Å². The number of methoxy groups -OCH3 is 2. The van der Waals surface area contributed by atoms with Gasteiger partial charge in [0.1, 0.15) is 11.5 Å². The Bertz CT molecular complexity index is 677. The van der Waals surface area contributed by atoms with Crippen molar-refractivity contribution in [1.29, 1.82) is 0 Å². The van der Waals surface area contributed by atoms with Crippen LogP contribution in [0.4, 0.5) is 0 Å². The van der Waals surface area contributed by atoms with E-state index in [0.29, 0.717) is 17.1 Å². The molecule has 0 radical (unpaired) electrons. The molecule has 0 saturated carbocycles. The minimum atomic E-state index is -1.14. The van der Waals surface area contributed by atoms with Gasteiger partial charge in [0.15, 0.2) is 6.04 Å². The first-order valence-corrected chi connectivity index (χ1v) is 6.87. The summed E-state index contributed by atoms with van der Waals surface area (Å²) < 4.78 is 10.2. The molecule has 2 aromatic carbocycles. The second-order valence-electron chi connectivity index (χ2n) is 4.76. The Morgan fingerprint density at radius 1 is 1.00 bits per heavy atom. The van der Waals surface area contributed by atoms with Crippen molar-refractivity contribution in [3.63, 3.8) is 0 Å². The van der Waals surface area contributed by atoms with Gasteiger partial charge in [-0.3, -0.25) is 4.79 Å². The summed E-state index contributed by atoms with van der Waals surface area (Å²) in [5.74, 6) is -0.778. The highest BCUT2D eigenvalue weighted by molar-refractivity contribution is 5.97. The van der Waals surface area contributed by atoms with Crippen LogP contribution in [0.25, 0.3) is 0 Å². The second kappa shape index (κ2) is 7.31. The molecule has 0 aromatic heterocycles. The van der Waals surface area contributed by atoms with Gasteiger partial charge in [-0.25, -0.2) is 4.79 Å². The number of carbonyl (C=O) groups excluding carboxylic acids is 1. The maximum atomic E-state index is 12.4. The van der Waals surface area contributed by atoms with Crippen molar-refractivity contribution in [3.8, 4) is 11.5 Å². The highest BCUT2D eigenvalue weighted by atomic mass is 16.5. The summed E-state index contributed by atoms with van der Waals surface area (Å²) >= 11 is 0. The molecule has 0 saturated heterocycles. The van der Waals surface area contributed by atoms with Crippen molar-refractivity contribution in [2.45, 2.75) is 6.04 Å². The van der Waals surface area contributed by atoms with E-state index < -0.39 is 17.9 Å². The molecule has 0 aliphatic heterocycles. The molecular formula is C17H17NO5. The van der Waals surface area contributed by atoms with E-state index in [1.807, 2.05) is 0 Å². The van der Waals surface area contributed by atoms with Gasteiger partial charge in [0.2, 0.25) is 0 Å². The smallest absolute Gasteiger partial charge is 0.330 e. The highest BCUT2D eigenvalue weighted by Gasteiger charge is 2.23. The minimum Gasteiger partial charge on any atom is -0.497 e. The lowest BCUT2D eigenvalue weighted by atomic mass is 10.1. The zero-order chi connectivity index (χ0) is 16.8. The summed E-state index contributed by atoms with van der Waals surface area (Å²) in [5, 5.41) is 11.9. The summed E-state index contributed by atoms with van der Waals surface area (Å²) in [5.41, 5.74) is 0.742. The van der Waals surface area contributed by atoms with E-state index in [-0.39, 0.29) is 5.56 Å². The molecule has 2 rings (SSSR count). The van der Waals surface area contributed by atoms with Gasteiger partial charge in [0, 0.05) is 11.6 Å². The molecule has 2 aromatic rings. The molecule has 23 heavy (non-hydrogen) atoms. The zero-order valence-corrected chi connectivity index (χ0v) is 12.8. The van der Waals surface area contributed by atoms with Gasteiger partial charge in [-0.15, -0.1) is 0 Å². The Morgan fingerprint density at radius 3 is 2.04 bits per heavy atom. The van der Waals surface area contributed by atoms with Crippen molar-refractivity contribution in [1.82, 2.24) is 5.32 Å². The monoisotopic (exact) mass is 315 g/mol. The SMILES string of the molecule is COc1cc(OC)cc(C(=O)NC(C(=O)O)c2ccccc2)c1. The van der Waals surface area contributed by atoms with Crippen LogP contribution in [-0.4, -0.2) is 31.2 Å². The average molecular weight is 315 g/mol. The summed E-state index contributed by atoms with van der Waals surface area (Å²) in [6, 6.07) is 12.0. The molecule has 0 heterocycles. The quantitative estimate of drug-likeness (QED) is 0.854. The number of nitrogens with one attached hydrogen (secondary N) is 1. The number of hydrogen-bond donors (Lipinski definition) is 2. The van der Waals surface area contributed by atoms with E-state index in [2.05, 4.69) is 5.32 Å². The van der Waals surface area contributed by atoms with Crippen LogP contribution in [0.3, 0.4) is 0 Å². The first-order chi connectivity index (χ1) is 11.0. The van der Waals surface area contributed by atoms with Gasteiger partial charge in [-0.2, -0.15) is 0 Å². The number of carboxylic acid groups (broad SMARTS) is 1. The third kappa shape index (κ3) is 4.00.